The number of sulfonamides is 1. The molecule has 27 heavy (non-hydrogen) atoms. The number of likely N-dealkylation sites (N-methyl/N-ethyl adjacent to an activating group) is 1. The van der Waals surface area contributed by atoms with Crippen molar-refractivity contribution in [2.24, 2.45) is 4.40 Å². The van der Waals surface area contributed by atoms with Crippen LogP contribution in [-0.2, 0) is 19.6 Å². The summed E-state index contributed by atoms with van der Waals surface area (Å²) in [7, 11) is -2.02. The summed E-state index contributed by atoms with van der Waals surface area (Å²) in [4.78, 5) is 16.5. The van der Waals surface area contributed by atoms with Gasteiger partial charge in [-0.25, -0.2) is 0 Å². The van der Waals surface area contributed by atoms with Gasteiger partial charge >= 0.3 is 0 Å². The molecule has 1 saturated heterocycles. The van der Waals surface area contributed by atoms with Gasteiger partial charge in [-0.3, -0.25) is 9.69 Å². The van der Waals surface area contributed by atoms with Gasteiger partial charge < -0.3 is 15.0 Å². The minimum Gasteiger partial charge on any atom is -0.379 e. The van der Waals surface area contributed by atoms with Crippen LogP contribution >= 0.6 is 0 Å². The van der Waals surface area contributed by atoms with Gasteiger partial charge in [0, 0.05) is 37.8 Å². The zero-order chi connectivity index (χ0) is 19.7. The van der Waals surface area contributed by atoms with Gasteiger partial charge in [0.25, 0.3) is 10.0 Å². The fraction of sp³-hybridized carbons (Fsp3) is 0.556. The first-order valence-corrected chi connectivity index (χ1v) is 10.4. The van der Waals surface area contributed by atoms with Gasteiger partial charge in [0.05, 0.1) is 19.8 Å². The zero-order valence-electron chi connectivity index (χ0n) is 15.9. The van der Waals surface area contributed by atoms with E-state index >= 15 is 0 Å². The maximum atomic E-state index is 12.4. The monoisotopic (exact) mass is 394 g/mol. The summed E-state index contributed by atoms with van der Waals surface area (Å²) >= 11 is 0. The third-order valence-corrected chi connectivity index (χ3v) is 6.27. The van der Waals surface area contributed by atoms with Crippen LogP contribution in [0.4, 0.5) is 0 Å². The number of benzene rings is 1. The van der Waals surface area contributed by atoms with Crippen molar-refractivity contribution in [1.29, 1.82) is 0 Å². The van der Waals surface area contributed by atoms with E-state index in [-0.39, 0.29) is 22.9 Å². The normalized spacial score (nSPS) is 19.3. The summed E-state index contributed by atoms with van der Waals surface area (Å²) in [5, 5.41) is 2.95. The Bertz CT molecular complexity index is 845. The van der Waals surface area contributed by atoms with Gasteiger partial charge in [-0.05, 0) is 26.0 Å². The van der Waals surface area contributed by atoms with Gasteiger partial charge in [-0.2, -0.15) is 8.42 Å². The minimum absolute atomic E-state index is 0.0296. The molecule has 2 aliphatic rings. The van der Waals surface area contributed by atoms with Crippen LogP contribution < -0.4 is 5.32 Å². The quantitative estimate of drug-likeness (QED) is 0.772. The van der Waals surface area contributed by atoms with Crippen LogP contribution in [0, 0.1) is 0 Å². The number of ether oxygens (including phenoxy) is 1. The highest BCUT2D eigenvalue weighted by Gasteiger charge is 2.32. The third kappa shape index (κ3) is 4.31. The van der Waals surface area contributed by atoms with E-state index < -0.39 is 10.0 Å². The number of nitrogens with one attached hydrogen (secondary N) is 1. The van der Waals surface area contributed by atoms with E-state index in [1.807, 2.05) is 0 Å². The van der Waals surface area contributed by atoms with Crippen LogP contribution in [0.25, 0.3) is 0 Å². The van der Waals surface area contributed by atoms with Crippen LogP contribution in [0.2, 0.25) is 0 Å². The maximum absolute atomic E-state index is 12.4. The molecule has 0 aromatic heterocycles. The van der Waals surface area contributed by atoms with Crippen molar-refractivity contribution in [2.75, 3.05) is 46.4 Å². The van der Waals surface area contributed by atoms with Crippen molar-refractivity contribution in [3.05, 3.63) is 29.8 Å². The molecule has 1 amide bonds. The molecule has 0 atom stereocenters. The van der Waals surface area contributed by atoms with Gasteiger partial charge in [0.15, 0.2) is 5.84 Å². The molecule has 9 heteroatoms. The van der Waals surface area contributed by atoms with Crippen molar-refractivity contribution < 1.29 is 17.9 Å². The summed E-state index contributed by atoms with van der Waals surface area (Å²) in [5.74, 6) is 0.122. The molecular weight excluding hydrogens is 368 g/mol. The molecule has 1 N–H and O–H groups in total. The van der Waals surface area contributed by atoms with Crippen molar-refractivity contribution in [1.82, 2.24) is 15.1 Å². The van der Waals surface area contributed by atoms with Gasteiger partial charge in [0.2, 0.25) is 5.91 Å². The average molecular weight is 394 g/mol. The van der Waals surface area contributed by atoms with Crippen LogP contribution in [-0.4, -0.2) is 81.9 Å². The van der Waals surface area contributed by atoms with Crippen LogP contribution in [0.15, 0.2) is 33.6 Å². The minimum atomic E-state index is -3.69. The number of nitrogens with zero attached hydrogens (tertiary/aromatic N) is 3. The first-order chi connectivity index (χ1) is 12.7. The predicted molar refractivity (Wildman–Crippen MR) is 102 cm³/mol. The van der Waals surface area contributed by atoms with Crippen molar-refractivity contribution in [3.8, 4) is 0 Å². The molecule has 1 fully saturated rings. The van der Waals surface area contributed by atoms with Crippen LogP contribution in [0.3, 0.4) is 0 Å². The first-order valence-electron chi connectivity index (χ1n) is 8.96. The Morgan fingerprint density at radius 1 is 1.30 bits per heavy atom. The number of hydrogen-bond donors (Lipinski definition) is 1. The van der Waals surface area contributed by atoms with Crippen molar-refractivity contribution in [2.45, 2.75) is 24.3 Å². The second-order valence-corrected chi connectivity index (χ2v) is 9.00. The van der Waals surface area contributed by atoms with E-state index in [9.17, 15) is 13.2 Å². The fourth-order valence-electron chi connectivity index (χ4n) is 3.31. The van der Waals surface area contributed by atoms with Crippen LogP contribution in [0.5, 0.6) is 0 Å². The molecule has 0 spiro atoms. The number of amidine groups is 1. The SMILES string of the molecule is CN(CC(=O)NCC(C)(C)N1CCOCC1)C1=NS(=O)(=O)c2ccccc21. The average Bonchev–Trinajstić information content (AvgIpc) is 2.93. The largest absolute Gasteiger partial charge is 0.379 e. The van der Waals surface area contributed by atoms with Gasteiger partial charge in [0.1, 0.15) is 4.90 Å². The standard InChI is InChI=1S/C18H26N4O4S/c1-18(2,22-8-10-26-11-9-22)13-19-16(23)12-21(3)17-14-6-4-5-7-15(14)27(24,25)20-17/h4-7H,8-13H2,1-3H3,(H,19,23). The highest BCUT2D eigenvalue weighted by molar-refractivity contribution is 7.90. The number of carbonyl (C=O) groups excluding carboxylic acids is 1. The van der Waals surface area contributed by atoms with E-state index in [1.165, 1.54) is 6.07 Å². The number of carbonyl (C=O) groups is 1. The Kier molecular flexibility index (Phi) is 5.55. The van der Waals surface area contributed by atoms with E-state index in [2.05, 4.69) is 28.5 Å². The second kappa shape index (κ2) is 7.57. The van der Waals surface area contributed by atoms with Gasteiger partial charge in [-0.15, -0.1) is 4.40 Å². The fourth-order valence-corrected chi connectivity index (χ4v) is 4.56. The molecule has 1 aromatic rings. The summed E-state index contributed by atoms with van der Waals surface area (Å²) in [6.45, 7) is 7.80. The van der Waals surface area contributed by atoms with E-state index in [0.29, 0.717) is 31.2 Å². The predicted octanol–water partition coefficient (Wildman–Crippen LogP) is 0.294. The van der Waals surface area contributed by atoms with Crippen molar-refractivity contribution >= 4 is 21.8 Å². The first kappa shape index (κ1) is 19.8. The molecule has 0 aliphatic carbocycles. The Morgan fingerprint density at radius 3 is 2.67 bits per heavy atom. The summed E-state index contributed by atoms with van der Waals surface area (Å²) in [6.07, 6.45) is 0. The molecule has 2 aliphatic heterocycles. The van der Waals surface area contributed by atoms with E-state index in [1.54, 1.807) is 30.1 Å². The summed E-state index contributed by atoms with van der Waals surface area (Å²) < 4.78 is 33.5. The summed E-state index contributed by atoms with van der Waals surface area (Å²) in [5.41, 5.74) is 0.347. The molecule has 1 aromatic carbocycles. The molecule has 0 saturated carbocycles. The highest BCUT2D eigenvalue weighted by atomic mass is 32.2. The zero-order valence-corrected chi connectivity index (χ0v) is 16.8. The topological polar surface area (TPSA) is 91.3 Å². The Morgan fingerprint density at radius 2 is 1.96 bits per heavy atom. The van der Waals surface area contributed by atoms with Gasteiger partial charge in [-0.1, -0.05) is 12.1 Å². The smallest absolute Gasteiger partial charge is 0.285 e. The Balaban J connectivity index is 1.60. The lowest BCUT2D eigenvalue weighted by molar-refractivity contribution is -0.122. The third-order valence-electron chi connectivity index (χ3n) is 4.94. The van der Waals surface area contributed by atoms with Crippen LogP contribution in [0.1, 0.15) is 19.4 Å². The van der Waals surface area contributed by atoms with Crippen molar-refractivity contribution in [3.63, 3.8) is 0 Å². The number of rotatable bonds is 5. The molecular formula is C18H26N4O4S. The molecule has 148 valence electrons. The lowest BCUT2D eigenvalue weighted by Gasteiger charge is -2.40. The maximum Gasteiger partial charge on any atom is 0.285 e. The second-order valence-electron chi connectivity index (χ2n) is 7.43. The molecule has 0 bridgehead atoms. The number of amides is 1. The lowest BCUT2D eigenvalue weighted by atomic mass is 10.0. The number of fused-ring (bicyclic) bond motifs is 1. The summed E-state index contributed by atoms with van der Waals surface area (Å²) in [6, 6.07) is 6.65. The Hall–Kier alpha value is -1.97. The van der Waals surface area contributed by atoms with E-state index in [0.717, 1.165) is 13.1 Å². The molecule has 8 nitrogen and oxygen atoms in total. The Labute approximate surface area is 160 Å². The molecule has 0 unspecified atom stereocenters. The molecule has 3 rings (SSSR count). The highest BCUT2D eigenvalue weighted by Crippen LogP contribution is 2.26. The number of morpholine rings is 1. The molecule has 0 radical (unpaired) electrons. The van der Waals surface area contributed by atoms with E-state index in [4.69, 9.17) is 4.74 Å². The lowest BCUT2D eigenvalue weighted by Crippen LogP contribution is -2.56. The molecule has 2 heterocycles. The number of hydrogen-bond acceptors (Lipinski definition) is 6.